The molecule has 0 unspecified atom stereocenters. The van der Waals surface area contributed by atoms with Gasteiger partial charge >= 0.3 is 0 Å². The van der Waals surface area contributed by atoms with E-state index in [0.717, 1.165) is 5.56 Å². The number of ether oxygens (including phenoxy) is 1. The summed E-state index contributed by atoms with van der Waals surface area (Å²) in [5.41, 5.74) is 1.34. The number of imide groups is 1. The summed E-state index contributed by atoms with van der Waals surface area (Å²) in [4.78, 5) is 38.8. The van der Waals surface area contributed by atoms with Crippen molar-refractivity contribution in [3.63, 3.8) is 0 Å². The third kappa shape index (κ3) is 5.40. The highest BCUT2D eigenvalue weighted by atomic mass is 19.1. The largest absolute Gasteiger partial charge is 0.494 e. The fraction of sp³-hybridized carbons (Fsp3) is 0.318. The Kier molecular flexibility index (Phi) is 6.59. The molecule has 2 aromatic rings. The zero-order valence-electron chi connectivity index (χ0n) is 16.3. The van der Waals surface area contributed by atoms with Crippen molar-refractivity contribution in [1.82, 2.24) is 9.80 Å². The van der Waals surface area contributed by atoms with Crippen molar-refractivity contribution < 1.29 is 23.5 Å². The van der Waals surface area contributed by atoms with E-state index in [2.05, 4.69) is 0 Å². The van der Waals surface area contributed by atoms with Crippen molar-refractivity contribution in [2.24, 2.45) is 0 Å². The van der Waals surface area contributed by atoms with Crippen LogP contribution in [0.3, 0.4) is 0 Å². The molecular formula is C22H23FN2O4. The van der Waals surface area contributed by atoms with Crippen LogP contribution in [-0.4, -0.2) is 47.7 Å². The molecule has 1 aliphatic rings. The lowest BCUT2D eigenvalue weighted by molar-refractivity contribution is -0.139. The second-order valence-corrected chi connectivity index (χ2v) is 6.95. The molecule has 7 heteroatoms. The molecule has 0 spiro atoms. The number of benzene rings is 2. The fourth-order valence-electron chi connectivity index (χ4n) is 3.08. The van der Waals surface area contributed by atoms with E-state index < -0.39 is 0 Å². The Morgan fingerprint density at radius 2 is 1.66 bits per heavy atom. The molecular weight excluding hydrogens is 375 g/mol. The second-order valence-electron chi connectivity index (χ2n) is 6.95. The first-order chi connectivity index (χ1) is 13.9. The van der Waals surface area contributed by atoms with Crippen LogP contribution in [0.2, 0.25) is 0 Å². The minimum Gasteiger partial charge on any atom is -0.494 e. The van der Waals surface area contributed by atoms with Crippen LogP contribution in [0.1, 0.15) is 35.2 Å². The van der Waals surface area contributed by atoms with Crippen LogP contribution in [0.4, 0.5) is 4.39 Å². The Morgan fingerprint density at radius 1 is 1.03 bits per heavy atom. The molecule has 1 fully saturated rings. The van der Waals surface area contributed by atoms with Crippen LogP contribution in [0.15, 0.2) is 48.5 Å². The zero-order chi connectivity index (χ0) is 20.8. The summed E-state index contributed by atoms with van der Waals surface area (Å²) in [5.74, 6) is -0.152. The van der Waals surface area contributed by atoms with Crippen LogP contribution in [0.25, 0.3) is 0 Å². The number of carbonyl (C=O) groups excluding carboxylic acids is 3. The molecule has 0 aromatic heterocycles. The summed E-state index contributed by atoms with van der Waals surface area (Å²) in [5, 5.41) is 0. The van der Waals surface area contributed by atoms with E-state index in [-0.39, 0.29) is 42.9 Å². The molecule has 3 rings (SSSR count). The lowest BCUT2D eigenvalue weighted by Crippen LogP contribution is -2.29. The maximum Gasteiger partial charge on any atom is 0.253 e. The van der Waals surface area contributed by atoms with E-state index in [0.29, 0.717) is 30.9 Å². The minimum atomic E-state index is -0.313. The molecule has 1 aliphatic heterocycles. The monoisotopic (exact) mass is 398 g/mol. The van der Waals surface area contributed by atoms with Gasteiger partial charge < -0.3 is 9.64 Å². The lowest BCUT2D eigenvalue weighted by atomic mass is 10.1. The van der Waals surface area contributed by atoms with Crippen LogP contribution < -0.4 is 4.74 Å². The first kappa shape index (κ1) is 20.5. The van der Waals surface area contributed by atoms with Crippen LogP contribution >= 0.6 is 0 Å². The van der Waals surface area contributed by atoms with E-state index in [1.807, 2.05) is 0 Å². The summed E-state index contributed by atoms with van der Waals surface area (Å²) in [6.45, 7) is 1.17. The zero-order valence-corrected chi connectivity index (χ0v) is 16.3. The predicted molar refractivity (Wildman–Crippen MR) is 105 cm³/mol. The van der Waals surface area contributed by atoms with Crippen molar-refractivity contribution in [2.75, 3.05) is 20.2 Å². The van der Waals surface area contributed by atoms with Crippen molar-refractivity contribution in [3.8, 4) is 5.75 Å². The highest BCUT2D eigenvalue weighted by Crippen LogP contribution is 2.17. The normalized spacial score (nSPS) is 13.7. The van der Waals surface area contributed by atoms with Gasteiger partial charge in [0.25, 0.3) is 5.91 Å². The van der Waals surface area contributed by atoms with E-state index in [9.17, 15) is 18.8 Å². The van der Waals surface area contributed by atoms with Gasteiger partial charge in [0.2, 0.25) is 11.8 Å². The average Bonchev–Trinajstić information content (AvgIpc) is 3.04. The Labute approximate surface area is 168 Å². The Morgan fingerprint density at radius 3 is 2.28 bits per heavy atom. The van der Waals surface area contributed by atoms with Gasteiger partial charge in [-0.1, -0.05) is 12.1 Å². The number of likely N-dealkylation sites (tertiary alicyclic amines) is 1. The molecule has 152 valence electrons. The summed E-state index contributed by atoms with van der Waals surface area (Å²) >= 11 is 0. The average molecular weight is 398 g/mol. The molecule has 29 heavy (non-hydrogen) atoms. The van der Waals surface area contributed by atoms with Crippen LogP contribution in [0.5, 0.6) is 5.75 Å². The SMILES string of the molecule is CN(CCCOc1ccc(F)cc1)C(=O)c1ccc(CN2C(=O)CCC2=O)cc1. The highest BCUT2D eigenvalue weighted by Gasteiger charge is 2.28. The number of amides is 3. The van der Waals surface area contributed by atoms with Crippen molar-refractivity contribution in [3.05, 3.63) is 65.5 Å². The first-order valence-electron chi connectivity index (χ1n) is 9.50. The molecule has 0 saturated carbocycles. The van der Waals surface area contributed by atoms with E-state index in [1.165, 1.54) is 17.0 Å². The summed E-state index contributed by atoms with van der Waals surface area (Å²) in [7, 11) is 1.72. The number of nitrogens with zero attached hydrogens (tertiary/aromatic N) is 2. The third-order valence-corrected chi connectivity index (χ3v) is 4.76. The smallest absolute Gasteiger partial charge is 0.253 e. The predicted octanol–water partition coefficient (Wildman–Crippen LogP) is 3.02. The van der Waals surface area contributed by atoms with Gasteiger partial charge in [-0.05, 0) is 48.4 Å². The van der Waals surface area contributed by atoms with Crippen LogP contribution in [0, 0.1) is 5.82 Å². The molecule has 3 amide bonds. The molecule has 2 aromatic carbocycles. The van der Waals surface area contributed by atoms with Crippen molar-refractivity contribution >= 4 is 17.7 Å². The maximum absolute atomic E-state index is 12.9. The highest BCUT2D eigenvalue weighted by molar-refractivity contribution is 6.01. The molecule has 1 heterocycles. The van der Waals surface area contributed by atoms with Gasteiger partial charge in [-0.25, -0.2) is 4.39 Å². The number of hydrogen-bond donors (Lipinski definition) is 0. The topological polar surface area (TPSA) is 66.9 Å². The number of carbonyl (C=O) groups is 3. The van der Waals surface area contributed by atoms with Gasteiger partial charge in [-0.15, -0.1) is 0 Å². The summed E-state index contributed by atoms with van der Waals surface area (Å²) in [6, 6.07) is 12.7. The first-order valence-corrected chi connectivity index (χ1v) is 9.50. The van der Waals surface area contributed by atoms with E-state index in [1.54, 1.807) is 48.3 Å². The third-order valence-electron chi connectivity index (χ3n) is 4.76. The summed E-state index contributed by atoms with van der Waals surface area (Å²) in [6.07, 6.45) is 1.17. The Hall–Kier alpha value is -3.22. The standard InChI is InChI=1S/C22H23FN2O4/c1-24(13-2-14-29-19-9-7-18(23)8-10-19)22(28)17-5-3-16(4-6-17)15-25-20(26)11-12-21(25)27/h3-10H,2,11-15H2,1H3. The maximum atomic E-state index is 12.9. The van der Waals surface area contributed by atoms with Gasteiger partial charge in [0.05, 0.1) is 13.2 Å². The van der Waals surface area contributed by atoms with Crippen LogP contribution in [-0.2, 0) is 16.1 Å². The van der Waals surface area contributed by atoms with Crippen molar-refractivity contribution in [1.29, 1.82) is 0 Å². The quantitative estimate of drug-likeness (QED) is 0.506. The van der Waals surface area contributed by atoms with Gasteiger partial charge in [0, 0.05) is 32.0 Å². The van der Waals surface area contributed by atoms with Gasteiger partial charge in [0.15, 0.2) is 0 Å². The molecule has 6 nitrogen and oxygen atoms in total. The fourth-order valence-corrected chi connectivity index (χ4v) is 3.08. The molecule has 0 aliphatic carbocycles. The Bertz CT molecular complexity index is 865. The summed E-state index contributed by atoms with van der Waals surface area (Å²) < 4.78 is 18.4. The van der Waals surface area contributed by atoms with E-state index >= 15 is 0 Å². The van der Waals surface area contributed by atoms with Gasteiger partial charge in [0.1, 0.15) is 11.6 Å². The number of halogens is 1. The molecule has 1 saturated heterocycles. The molecule has 0 atom stereocenters. The molecule has 0 bridgehead atoms. The Balaban J connectivity index is 1.45. The van der Waals surface area contributed by atoms with Gasteiger partial charge in [-0.3, -0.25) is 19.3 Å². The minimum absolute atomic E-state index is 0.119. The molecule has 0 N–H and O–H groups in total. The molecule has 0 radical (unpaired) electrons. The number of rotatable bonds is 8. The van der Waals surface area contributed by atoms with E-state index in [4.69, 9.17) is 4.74 Å². The lowest BCUT2D eigenvalue weighted by Gasteiger charge is -2.18. The second kappa shape index (κ2) is 9.32. The van der Waals surface area contributed by atoms with Crippen molar-refractivity contribution in [2.45, 2.75) is 25.8 Å². The number of hydrogen-bond acceptors (Lipinski definition) is 4. The van der Waals surface area contributed by atoms with Gasteiger partial charge in [-0.2, -0.15) is 0 Å².